The summed E-state index contributed by atoms with van der Waals surface area (Å²) in [6.45, 7) is 1.91. The first kappa shape index (κ1) is 12.0. The predicted octanol–water partition coefficient (Wildman–Crippen LogP) is 2.66. The third-order valence-electron chi connectivity index (χ3n) is 2.53. The molecule has 1 aromatic carbocycles. The number of nitriles is 1. The Bertz CT molecular complexity index is 574. The van der Waals surface area contributed by atoms with Gasteiger partial charge in [-0.15, -0.1) is 0 Å². The molecule has 1 aromatic heterocycles. The lowest BCUT2D eigenvalue weighted by Crippen LogP contribution is -2.09. The van der Waals surface area contributed by atoms with Crippen molar-refractivity contribution in [3.05, 3.63) is 53.7 Å². The summed E-state index contributed by atoms with van der Waals surface area (Å²) in [4.78, 5) is 7.97. The van der Waals surface area contributed by atoms with E-state index in [2.05, 4.69) is 15.3 Å². The first-order valence-corrected chi connectivity index (χ1v) is 5.44. The number of rotatable bonds is 3. The second-order valence-corrected chi connectivity index (χ2v) is 3.78. The van der Waals surface area contributed by atoms with Crippen molar-refractivity contribution in [1.82, 2.24) is 9.97 Å². The summed E-state index contributed by atoms with van der Waals surface area (Å²) in [5.41, 5.74) is 1.15. The smallest absolute Gasteiger partial charge is 0.182 e. The molecule has 0 saturated carbocycles. The van der Waals surface area contributed by atoms with Crippen molar-refractivity contribution in [3.8, 4) is 6.07 Å². The average Bonchev–Trinajstić information content (AvgIpc) is 2.40. The van der Waals surface area contributed by atoms with Gasteiger partial charge in [0.2, 0.25) is 0 Å². The van der Waals surface area contributed by atoms with E-state index in [9.17, 15) is 4.39 Å². The minimum Gasteiger partial charge on any atom is -0.361 e. The van der Waals surface area contributed by atoms with Gasteiger partial charge in [-0.2, -0.15) is 5.26 Å². The van der Waals surface area contributed by atoms with Gasteiger partial charge in [0.1, 0.15) is 11.9 Å². The standard InChI is InChI=1S/C13H11FN4/c1-9(10-2-4-11(14)5-3-10)18-13-12(8-15)16-6-7-17-13/h2-7,9H,1H3,(H,17,18). The zero-order valence-corrected chi connectivity index (χ0v) is 9.76. The Labute approximate surface area is 104 Å². The number of hydrogen-bond donors (Lipinski definition) is 1. The van der Waals surface area contributed by atoms with Crippen LogP contribution in [0, 0.1) is 17.1 Å². The van der Waals surface area contributed by atoms with E-state index >= 15 is 0 Å². The second kappa shape index (κ2) is 5.23. The molecule has 4 nitrogen and oxygen atoms in total. The average molecular weight is 242 g/mol. The molecule has 0 saturated heterocycles. The normalized spacial score (nSPS) is 11.6. The topological polar surface area (TPSA) is 61.6 Å². The fourth-order valence-corrected chi connectivity index (χ4v) is 1.57. The monoisotopic (exact) mass is 242 g/mol. The van der Waals surface area contributed by atoms with Crippen LogP contribution in [0.2, 0.25) is 0 Å². The van der Waals surface area contributed by atoms with Crippen LogP contribution in [0.4, 0.5) is 10.2 Å². The maximum Gasteiger partial charge on any atom is 0.182 e. The lowest BCUT2D eigenvalue weighted by molar-refractivity contribution is 0.626. The van der Waals surface area contributed by atoms with E-state index in [1.807, 2.05) is 13.0 Å². The van der Waals surface area contributed by atoms with Crippen LogP contribution in [0.3, 0.4) is 0 Å². The van der Waals surface area contributed by atoms with Gasteiger partial charge in [0, 0.05) is 12.4 Å². The molecule has 1 atom stereocenters. The maximum atomic E-state index is 12.8. The molecule has 2 aromatic rings. The number of benzene rings is 1. The number of anilines is 1. The third-order valence-corrected chi connectivity index (χ3v) is 2.53. The Hall–Kier alpha value is -2.48. The molecule has 5 heteroatoms. The highest BCUT2D eigenvalue weighted by Gasteiger charge is 2.09. The van der Waals surface area contributed by atoms with E-state index in [1.165, 1.54) is 24.5 Å². The van der Waals surface area contributed by atoms with Crippen molar-refractivity contribution in [1.29, 1.82) is 5.26 Å². The minimum atomic E-state index is -0.275. The molecule has 2 rings (SSSR count). The van der Waals surface area contributed by atoms with Gasteiger partial charge in [0.15, 0.2) is 11.5 Å². The number of nitrogens with one attached hydrogen (secondary N) is 1. The molecule has 1 N–H and O–H groups in total. The molecule has 90 valence electrons. The molecule has 1 heterocycles. The summed E-state index contributed by atoms with van der Waals surface area (Å²) in [6, 6.07) is 8.05. The van der Waals surface area contributed by atoms with E-state index in [1.54, 1.807) is 12.1 Å². The first-order chi connectivity index (χ1) is 8.70. The van der Waals surface area contributed by atoms with Crippen LogP contribution in [0.25, 0.3) is 0 Å². The number of aromatic nitrogens is 2. The lowest BCUT2D eigenvalue weighted by Gasteiger charge is -2.15. The zero-order valence-electron chi connectivity index (χ0n) is 9.76. The molecule has 0 radical (unpaired) electrons. The Balaban J connectivity index is 2.19. The van der Waals surface area contributed by atoms with Gasteiger partial charge in [-0.3, -0.25) is 0 Å². The molecule has 1 unspecified atom stereocenters. The van der Waals surface area contributed by atoms with Crippen molar-refractivity contribution in [3.63, 3.8) is 0 Å². The Morgan fingerprint density at radius 2 is 1.89 bits per heavy atom. The van der Waals surface area contributed by atoms with Gasteiger partial charge >= 0.3 is 0 Å². The number of nitrogens with zero attached hydrogens (tertiary/aromatic N) is 3. The molecule has 18 heavy (non-hydrogen) atoms. The van der Waals surface area contributed by atoms with Gasteiger partial charge in [-0.25, -0.2) is 14.4 Å². The van der Waals surface area contributed by atoms with Crippen LogP contribution in [-0.4, -0.2) is 9.97 Å². The van der Waals surface area contributed by atoms with E-state index in [0.717, 1.165) is 5.56 Å². The van der Waals surface area contributed by atoms with Crippen LogP contribution in [0.1, 0.15) is 24.2 Å². The number of hydrogen-bond acceptors (Lipinski definition) is 4. The van der Waals surface area contributed by atoms with Gasteiger partial charge in [-0.1, -0.05) is 12.1 Å². The molecule has 0 fully saturated rings. The van der Waals surface area contributed by atoms with E-state index in [-0.39, 0.29) is 17.6 Å². The second-order valence-electron chi connectivity index (χ2n) is 3.78. The lowest BCUT2D eigenvalue weighted by atomic mass is 10.1. The highest BCUT2D eigenvalue weighted by molar-refractivity contribution is 5.48. The van der Waals surface area contributed by atoms with Crippen molar-refractivity contribution >= 4 is 5.82 Å². The maximum absolute atomic E-state index is 12.8. The summed E-state index contributed by atoms with van der Waals surface area (Å²) in [6.07, 6.45) is 2.98. The quantitative estimate of drug-likeness (QED) is 0.898. The molecular formula is C13H11FN4. The first-order valence-electron chi connectivity index (χ1n) is 5.44. The summed E-state index contributed by atoms with van der Waals surface area (Å²) < 4.78 is 12.8. The molecule has 0 aliphatic rings. The number of halogens is 1. The SMILES string of the molecule is CC(Nc1nccnc1C#N)c1ccc(F)cc1. The van der Waals surface area contributed by atoms with Gasteiger partial charge in [0.25, 0.3) is 0 Å². The zero-order chi connectivity index (χ0) is 13.0. The fraction of sp³-hybridized carbons (Fsp3) is 0.154. The minimum absolute atomic E-state index is 0.0885. The van der Waals surface area contributed by atoms with Gasteiger partial charge in [0.05, 0.1) is 6.04 Å². The molecule has 0 amide bonds. The highest BCUT2D eigenvalue weighted by atomic mass is 19.1. The van der Waals surface area contributed by atoms with Crippen molar-refractivity contribution in [2.75, 3.05) is 5.32 Å². The summed E-state index contributed by atoms with van der Waals surface area (Å²) in [7, 11) is 0. The Morgan fingerprint density at radius 3 is 2.56 bits per heavy atom. The van der Waals surface area contributed by atoms with Crippen LogP contribution in [0.15, 0.2) is 36.7 Å². The van der Waals surface area contributed by atoms with E-state index in [0.29, 0.717) is 5.82 Å². The molecule has 0 aliphatic heterocycles. The molecule has 0 bridgehead atoms. The summed E-state index contributed by atoms with van der Waals surface area (Å²) >= 11 is 0. The Morgan fingerprint density at radius 1 is 1.22 bits per heavy atom. The van der Waals surface area contributed by atoms with Crippen molar-refractivity contribution in [2.45, 2.75) is 13.0 Å². The van der Waals surface area contributed by atoms with Gasteiger partial charge in [-0.05, 0) is 24.6 Å². The summed E-state index contributed by atoms with van der Waals surface area (Å²) in [5.74, 6) is 0.153. The van der Waals surface area contributed by atoms with E-state index < -0.39 is 0 Å². The fourth-order valence-electron chi connectivity index (χ4n) is 1.57. The van der Waals surface area contributed by atoms with E-state index in [4.69, 9.17) is 5.26 Å². The molecular weight excluding hydrogens is 231 g/mol. The van der Waals surface area contributed by atoms with Gasteiger partial charge < -0.3 is 5.32 Å². The highest BCUT2D eigenvalue weighted by Crippen LogP contribution is 2.19. The van der Waals surface area contributed by atoms with Crippen LogP contribution >= 0.6 is 0 Å². The molecule has 0 aliphatic carbocycles. The molecule has 0 spiro atoms. The van der Waals surface area contributed by atoms with Crippen LogP contribution < -0.4 is 5.32 Å². The largest absolute Gasteiger partial charge is 0.361 e. The Kier molecular flexibility index (Phi) is 3.49. The third kappa shape index (κ3) is 2.61. The van der Waals surface area contributed by atoms with Crippen molar-refractivity contribution < 1.29 is 4.39 Å². The van der Waals surface area contributed by atoms with Crippen LogP contribution in [0.5, 0.6) is 0 Å². The van der Waals surface area contributed by atoms with Crippen LogP contribution in [-0.2, 0) is 0 Å². The summed E-state index contributed by atoms with van der Waals surface area (Å²) in [5, 5.41) is 12.0. The predicted molar refractivity (Wildman–Crippen MR) is 65.2 cm³/mol. The van der Waals surface area contributed by atoms with Crippen molar-refractivity contribution in [2.24, 2.45) is 0 Å².